The molecule has 112 valence electrons. The number of nitrogens with one attached hydrogen (secondary N) is 1. The summed E-state index contributed by atoms with van der Waals surface area (Å²) < 4.78 is 43.5. The summed E-state index contributed by atoms with van der Waals surface area (Å²) in [5.74, 6) is -1.10. The van der Waals surface area contributed by atoms with E-state index in [1.165, 1.54) is 12.1 Å². The van der Waals surface area contributed by atoms with Crippen LogP contribution in [0.2, 0.25) is 0 Å². The number of hydrogen-bond donors (Lipinski definition) is 2. The fourth-order valence-electron chi connectivity index (χ4n) is 2.03. The first-order chi connectivity index (χ1) is 9.82. The summed E-state index contributed by atoms with van der Waals surface area (Å²) >= 11 is 0. The highest BCUT2D eigenvalue weighted by Crippen LogP contribution is 2.33. The van der Waals surface area contributed by atoms with Gasteiger partial charge in [0, 0.05) is 11.7 Å². The fourth-order valence-corrected chi connectivity index (χ4v) is 2.03. The van der Waals surface area contributed by atoms with Gasteiger partial charge in [0.25, 0.3) is 0 Å². The standard InChI is InChI=1S/C13H12F3N3O2/c14-13(15,16)10-3-8(2-1-7(10)4-17)19-12(20)9-5-21-6-11(9)18/h1-3,9,11H,5-6,18H2,(H,19,20). The number of carbonyl (C=O) groups is 1. The van der Waals surface area contributed by atoms with Crippen LogP contribution in [0, 0.1) is 17.2 Å². The minimum atomic E-state index is -4.67. The van der Waals surface area contributed by atoms with Crippen molar-refractivity contribution < 1.29 is 22.7 Å². The summed E-state index contributed by atoms with van der Waals surface area (Å²) in [5, 5.41) is 11.1. The van der Waals surface area contributed by atoms with Crippen LogP contribution in [0.1, 0.15) is 11.1 Å². The van der Waals surface area contributed by atoms with Crippen molar-refractivity contribution >= 4 is 11.6 Å². The van der Waals surface area contributed by atoms with Gasteiger partial charge in [0.15, 0.2) is 0 Å². The van der Waals surface area contributed by atoms with Crippen LogP contribution >= 0.6 is 0 Å². The molecule has 0 spiro atoms. The van der Waals surface area contributed by atoms with Gasteiger partial charge in [0.2, 0.25) is 5.91 Å². The monoisotopic (exact) mass is 299 g/mol. The second kappa shape index (κ2) is 5.71. The van der Waals surface area contributed by atoms with Crippen molar-refractivity contribution in [2.24, 2.45) is 11.7 Å². The van der Waals surface area contributed by atoms with E-state index in [0.29, 0.717) is 0 Å². The van der Waals surface area contributed by atoms with Crippen molar-refractivity contribution in [3.8, 4) is 6.07 Å². The predicted octanol–water partition coefficient (Wildman–Crippen LogP) is 1.49. The maximum atomic E-state index is 12.8. The Labute approximate surface area is 118 Å². The van der Waals surface area contributed by atoms with E-state index in [1.54, 1.807) is 0 Å². The van der Waals surface area contributed by atoms with Crippen LogP contribution in [0.4, 0.5) is 18.9 Å². The average molecular weight is 299 g/mol. The van der Waals surface area contributed by atoms with E-state index >= 15 is 0 Å². The van der Waals surface area contributed by atoms with Gasteiger partial charge in [-0.2, -0.15) is 18.4 Å². The van der Waals surface area contributed by atoms with E-state index in [-0.39, 0.29) is 18.9 Å². The van der Waals surface area contributed by atoms with Gasteiger partial charge in [-0.05, 0) is 18.2 Å². The third-order valence-electron chi connectivity index (χ3n) is 3.17. The highest BCUT2D eigenvalue weighted by atomic mass is 19.4. The molecule has 0 bridgehead atoms. The lowest BCUT2D eigenvalue weighted by atomic mass is 10.0. The Bertz CT molecular complexity index is 595. The summed E-state index contributed by atoms with van der Waals surface area (Å²) in [6.07, 6.45) is -4.67. The van der Waals surface area contributed by atoms with Crippen molar-refractivity contribution in [2.45, 2.75) is 12.2 Å². The zero-order valence-electron chi connectivity index (χ0n) is 10.8. The molecule has 1 heterocycles. The Morgan fingerprint density at radius 2 is 2.14 bits per heavy atom. The highest BCUT2D eigenvalue weighted by molar-refractivity contribution is 5.93. The van der Waals surface area contributed by atoms with Crippen molar-refractivity contribution in [3.63, 3.8) is 0 Å². The molecule has 8 heteroatoms. The minimum Gasteiger partial charge on any atom is -0.379 e. The minimum absolute atomic E-state index is 0.0366. The van der Waals surface area contributed by atoms with E-state index in [1.807, 2.05) is 0 Å². The normalized spacial score (nSPS) is 21.9. The molecule has 1 aromatic carbocycles. The summed E-state index contributed by atoms with van der Waals surface area (Å²) in [6.45, 7) is 0.370. The molecule has 1 aromatic rings. The molecule has 2 rings (SSSR count). The highest BCUT2D eigenvalue weighted by Gasteiger charge is 2.35. The van der Waals surface area contributed by atoms with Crippen LogP contribution < -0.4 is 11.1 Å². The van der Waals surface area contributed by atoms with Crippen molar-refractivity contribution in [1.82, 2.24) is 0 Å². The number of hydrogen-bond acceptors (Lipinski definition) is 4. The summed E-state index contributed by atoms with van der Waals surface area (Å²) in [7, 11) is 0. The lowest BCUT2D eigenvalue weighted by molar-refractivity contribution is -0.137. The van der Waals surface area contributed by atoms with Gasteiger partial charge in [-0.25, -0.2) is 0 Å². The molecule has 5 nitrogen and oxygen atoms in total. The second-order valence-corrected chi connectivity index (χ2v) is 4.67. The molecule has 1 amide bonds. The molecular formula is C13H12F3N3O2. The maximum absolute atomic E-state index is 12.8. The van der Waals surface area contributed by atoms with Crippen LogP contribution in [-0.2, 0) is 15.7 Å². The molecule has 3 N–H and O–H groups in total. The number of rotatable bonds is 2. The van der Waals surface area contributed by atoms with Crippen LogP contribution in [0.25, 0.3) is 0 Å². The number of nitrogens with zero attached hydrogens (tertiary/aromatic N) is 1. The topological polar surface area (TPSA) is 88.1 Å². The fraction of sp³-hybridized carbons (Fsp3) is 0.385. The predicted molar refractivity (Wildman–Crippen MR) is 67.1 cm³/mol. The van der Waals surface area contributed by atoms with Crippen molar-refractivity contribution in [2.75, 3.05) is 18.5 Å². The van der Waals surface area contributed by atoms with Gasteiger partial charge in [-0.1, -0.05) is 0 Å². The van der Waals surface area contributed by atoms with Gasteiger partial charge in [-0.15, -0.1) is 0 Å². The largest absolute Gasteiger partial charge is 0.417 e. The second-order valence-electron chi connectivity index (χ2n) is 4.67. The Kier molecular flexibility index (Phi) is 4.16. The summed E-state index contributed by atoms with van der Waals surface area (Å²) in [6, 6.07) is 3.99. The lowest BCUT2D eigenvalue weighted by Crippen LogP contribution is -2.37. The van der Waals surface area contributed by atoms with E-state index in [4.69, 9.17) is 15.7 Å². The van der Waals surface area contributed by atoms with E-state index in [2.05, 4.69) is 5.32 Å². The first-order valence-corrected chi connectivity index (χ1v) is 6.08. The molecule has 1 aliphatic heterocycles. The Morgan fingerprint density at radius 3 is 2.67 bits per heavy atom. The Morgan fingerprint density at radius 1 is 1.43 bits per heavy atom. The summed E-state index contributed by atoms with van der Waals surface area (Å²) in [5.41, 5.74) is 4.05. The number of nitriles is 1. The smallest absolute Gasteiger partial charge is 0.379 e. The van der Waals surface area contributed by atoms with E-state index in [0.717, 1.165) is 12.1 Å². The van der Waals surface area contributed by atoms with Crippen LogP contribution in [0.15, 0.2) is 18.2 Å². The third kappa shape index (κ3) is 3.32. The molecule has 1 saturated heterocycles. The Hall–Kier alpha value is -2.11. The maximum Gasteiger partial charge on any atom is 0.417 e. The zero-order chi connectivity index (χ0) is 15.6. The number of ether oxygens (including phenoxy) is 1. The van der Waals surface area contributed by atoms with Crippen LogP contribution in [0.5, 0.6) is 0 Å². The molecule has 0 aromatic heterocycles. The van der Waals surface area contributed by atoms with E-state index in [9.17, 15) is 18.0 Å². The molecule has 2 unspecified atom stereocenters. The number of alkyl halides is 3. The first kappa shape index (κ1) is 15.3. The number of carbonyl (C=O) groups excluding carboxylic acids is 1. The first-order valence-electron chi connectivity index (χ1n) is 6.08. The molecule has 0 radical (unpaired) electrons. The molecule has 1 fully saturated rings. The third-order valence-corrected chi connectivity index (χ3v) is 3.17. The van der Waals surface area contributed by atoms with Gasteiger partial charge < -0.3 is 15.8 Å². The molecule has 0 aliphatic carbocycles. The summed E-state index contributed by atoms with van der Waals surface area (Å²) in [4.78, 5) is 11.9. The Balaban J connectivity index is 2.22. The van der Waals surface area contributed by atoms with Gasteiger partial charge in [0.05, 0.1) is 36.3 Å². The molecule has 1 aliphatic rings. The molecule has 2 atom stereocenters. The van der Waals surface area contributed by atoms with Crippen LogP contribution in [-0.4, -0.2) is 25.2 Å². The van der Waals surface area contributed by atoms with Gasteiger partial charge >= 0.3 is 6.18 Å². The molecule has 0 saturated carbocycles. The zero-order valence-corrected chi connectivity index (χ0v) is 10.8. The number of nitrogens with two attached hydrogens (primary N) is 1. The number of halogens is 3. The van der Waals surface area contributed by atoms with Crippen LogP contribution in [0.3, 0.4) is 0 Å². The number of anilines is 1. The van der Waals surface area contributed by atoms with Gasteiger partial charge in [-0.3, -0.25) is 4.79 Å². The molecular weight excluding hydrogens is 287 g/mol. The van der Waals surface area contributed by atoms with Crippen molar-refractivity contribution in [3.05, 3.63) is 29.3 Å². The van der Waals surface area contributed by atoms with E-state index < -0.39 is 35.2 Å². The molecule has 21 heavy (non-hydrogen) atoms. The van der Waals surface area contributed by atoms with Crippen molar-refractivity contribution in [1.29, 1.82) is 5.26 Å². The lowest BCUT2D eigenvalue weighted by Gasteiger charge is -2.15. The average Bonchev–Trinajstić information content (AvgIpc) is 2.84. The number of benzene rings is 1. The SMILES string of the molecule is N#Cc1ccc(NC(=O)C2COCC2N)cc1C(F)(F)F. The van der Waals surface area contributed by atoms with Gasteiger partial charge in [0.1, 0.15) is 0 Å². The number of amides is 1. The quantitative estimate of drug-likeness (QED) is 0.866.